The van der Waals surface area contributed by atoms with Gasteiger partial charge in [-0.1, -0.05) is 48.3 Å². The number of benzene rings is 1. The molecule has 0 aliphatic rings. The van der Waals surface area contributed by atoms with E-state index >= 15 is 0 Å². The molecule has 0 amide bonds. The largest absolute Gasteiger partial charge is 0.316 e. The molecule has 1 nitrogen and oxygen atoms in total. The maximum atomic E-state index is 3.51. The summed E-state index contributed by atoms with van der Waals surface area (Å²) in [4.78, 5) is 0. The summed E-state index contributed by atoms with van der Waals surface area (Å²) >= 11 is 3.47. The van der Waals surface area contributed by atoms with E-state index in [2.05, 4.69) is 59.4 Å². The van der Waals surface area contributed by atoms with Crippen LogP contribution in [-0.4, -0.2) is 13.1 Å². The topological polar surface area (TPSA) is 12.0 Å². The lowest BCUT2D eigenvalue weighted by molar-refractivity contribution is 0.460. The zero-order valence-electron chi connectivity index (χ0n) is 10.3. The van der Waals surface area contributed by atoms with Gasteiger partial charge in [-0.15, -0.1) is 0 Å². The summed E-state index contributed by atoms with van der Waals surface area (Å²) < 4.78 is 1.16. The molecule has 0 aliphatic carbocycles. The molecule has 0 radical (unpaired) electrons. The van der Waals surface area contributed by atoms with Crippen LogP contribution in [0.3, 0.4) is 0 Å². The smallest absolute Gasteiger partial charge is 0.0175 e. The van der Waals surface area contributed by atoms with E-state index in [4.69, 9.17) is 0 Å². The van der Waals surface area contributed by atoms with E-state index in [-0.39, 0.29) is 0 Å². The van der Waals surface area contributed by atoms with Gasteiger partial charge in [-0.2, -0.15) is 0 Å². The third kappa shape index (κ3) is 5.13. The van der Waals surface area contributed by atoms with Crippen molar-refractivity contribution in [2.45, 2.75) is 33.1 Å². The van der Waals surface area contributed by atoms with Crippen LogP contribution >= 0.6 is 15.9 Å². The number of hydrogen-bond donors (Lipinski definition) is 1. The van der Waals surface area contributed by atoms with Gasteiger partial charge in [0.1, 0.15) is 0 Å². The van der Waals surface area contributed by atoms with Crippen molar-refractivity contribution in [2.75, 3.05) is 13.1 Å². The molecule has 1 rings (SSSR count). The second kappa shape index (κ2) is 7.86. The van der Waals surface area contributed by atoms with Crippen molar-refractivity contribution in [2.24, 2.45) is 5.92 Å². The second-order valence-electron chi connectivity index (χ2n) is 4.31. The van der Waals surface area contributed by atoms with Crippen LogP contribution in [0.15, 0.2) is 28.7 Å². The van der Waals surface area contributed by atoms with E-state index in [1.165, 1.54) is 24.8 Å². The quantitative estimate of drug-likeness (QED) is 0.746. The molecule has 1 N–H and O–H groups in total. The van der Waals surface area contributed by atoms with Crippen molar-refractivity contribution in [3.05, 3.63) is 34.3 Å². The summed E-state index contributed by atoms with van der Waals surface area (Å²) in [5.74, 6) is 0.757. The molecule has 1 aromatic rings. The molecule has 0 saturated heterocycles. The Bertz CT molecular complexity index is 281. The van der Waals surface area contributed by atoms with Crippen LogP contribution in [0.25, 0.3) is 0 Å². The highest BCUT2D eigenvalue weighted by Crippen LogP contribution is 2.15. The first-order valence-corrected chi connectivity index (χ1v) is 7.00. The van der Waals surface area contributed by atoms with E-state index in [1.807, 2.05) is 0 Å². The molecular formula is C14H22BrN. The lowest BCUT2D eigenvalue weighted by Gasteiger charge is -2.15. The first-order chi connectivity index (χ1) is 7.76. The molecule has 1 unspecified atom stereocenters. The minimum absolute atomic E-state index is 0.757. The number of nitrogens with one attached hydrogen (secondary N) is 1. The lowest BCUT2D eigenvalue weighted by atomic mass is 9.97. The zero-order chi connectivity index (χ0) is 11.8. The van der Waals surface area contributed by atoms with Gasteiger partial charge in [-0.25, -0.2) is 0 Å². The van der Waals surface area contributed by atoms with Crippen LogP contribution in [0, 0.1) is 5.92 Å². The van der Waals surface area contributed by atoms with Crippen LogP contribution in [0.1, 0.15) is 32.3 Å². The first-order valence-electron chi connectivity index (χ1n) is 6.21. The SMILES string of the molecule is CCCNCC(CC)Cc1ccc(Br)cc1. The summed E-state index contributed by atoms with van der Waals surface area (Å²) in [5, 5.41) is 3.51. The van der Waals surface area contributed by atoms with Crippen molar-refractivity contribution >= 4 is 15.9 Å². The summed E-state index contributed by atoms with van der Waals surface area (Å²) in [7, 11) is 0. The van der Waals surface area contributed by atoms with Crippen molar-refractivity contribution in [3.63, 3.8) is 0 Å². The maximum absolute atomic E-state index is 3.51. The Morgan fingerprint density at radius 2 is 1.88 bits per heavy atom. The fourth-order valence-electron chi connectivity index (χ4n) is 1.80. The highest BCUT2D eigenvalue weighted by molar-refractivity contribution is 9.10. The molecule has 1 atom stereocenters. The molecule has 0 spiro atoms. The molecule has 0 bridgehead atoms. The maximum Gasteiger partial charge on any atom is 0.0175 e. The van der Waals surface area contributed by atoms with Crippen LogP contribution in [0.2, 0.25) is 0 Å². The Labute approximate surface area is 108 Å². The molecule has 0 fully saturated rings. The minimum Gasteiger partial charge on any atom is -0.316 e. The predicted molar refractivity (Wildman–Crippen MR) is 74.8 cm³/mol. The minimum atomic E-state index is 0.757. The van der Waals surface area contributed by atoms with Crippen LogP contribution in [0.5, 0.6) is 0 Å². The summed E-state index contributed by atoms with van der Waals surface area (Å²) in [6.45, 7) is 6.76. The molecule has 2 heteroatoms. The third-order valence-electron chi connectivity index (χ3n) is 2.87. The molecule has 1 aromatic carbocycles. The van der Waals surface area contributed by atoms with Gasteiger partial charge in [0.2, 0.25) is 0 Å². The normalized spacial score (nSPS) is 12.7. The van der Waals surface area contributed by atoms with Gasteiger partial charge in [0.25, 0.3) is 0 Å². The van der Waals surface area contributed by atoms with Gasteiger partial charge in [0, 0.05) is 4.47 Å². The Hall–Kier alpha value is -0.340. The number of rotatable bonds is 7. The monoisotopic (exact) mass is 283 g/mol. The average Bonchev–Trinajstić information content (AvgIpc) is 2.31. The number of halogens is 1. The first kappa shape index (κ1) is 13.7. The van der Waals surface area contributed by atoms with Crippen molar-refractivity contribution in [1.29, 1.82) is 0 Å². The predicted octanol–water partition coefficient (Wildman–Crippen LogP) is 4.02. The summed E-state index contributed by atoms with van der Waals surface area (Å²) in [5.41, 5.74) is 1.44. The number of hydrogen-bond acceptors (Lipinski definition) is 1. The van der Waals surface area contributed by atoms with E-state index in [9.17, 15) is 0 Å². The van der Waals surface area contributed by atoms with Crippen LogP contribution in [0.4, 0.5) is 0 Å². The van der Waals surface area contributed by atoms with Gasteiger partial charge in [-0.3, -0.25) is 0 Å². The second-order valence-corrected chi connectivity index (χ2v) is 5.22. The van der Waals surface area contributed by atoms with Crippen LogP contribution < -0.4 is 5.32 Å². The Morgan fingerprint density at radius 3 is 2.44 bits per heavy atom. The molecule has 0 aromatic heterocycles. The van der Waals surface area contributed by atoms with E-state index in [0.29, 0.717) is 0 Å². The van der Waals surface area contributed by atoms with Crippen molar-refractivity contribution in [1.82, 2.24) is 5.32 Å². The fraction of sp³-hybridized carbons (Fsp3) is 0.571. The zero-order valence-corrected chi connectivity index (χ0v) is 11.9. The van der Waals surface area contributed by atoms with Gasteiger partial charge in [0.15, 0.2) is 0 Å². The Kier molecular flexibility index (Phi) is 6.74. The Morgan fingerprint density at radius 1 is 1.19 bits per heavy atom. The van der Waals surface area contributed by atoms with E-state index < -0.39 is 0 Å². The highest BCUT2D eigenvalue weighted by Gasteiger charge is 2.06. The van der Waals surface area contributed by atoms with Crippen molar-refractivity contribution in [3.8, 4) is 0 Å². The van der Waals surface area contributed by atoms with Gasteiger partial charge in [-0.05, 0) is 49.5 Å². The summed E-state index contributed by atoms with van der Waals surface area (Å²) in [6.07, 6.45) is 3.64. The third-order valence-corrected chi connectivity index (χ3v) is 3.40. The molecule has 0 heterocycles. The van der Waals surface area contributed by atoms with Gasteiger partial charge >= 0.3 is 0 Å². The molecule has 16 heavy (non-hydrogen) atoms. The van der Waals surface area contributed by atoms with E-state index in [0.717, 1.165) is 23.5 Å². The van der Waals surface area contributed by atoms with Gasteiger partial charge in [0.05, 0.1) is 0 Å². The highest BCUT2D eigenvalue weighted by atomic mass is 79.9. The average molecular weight is 284 g/mol. The standard InChI is InChI=1S/C14H22BrN/c1-3-9-16-11-12(4-2)10-13-5-7-14(15)8-6-13/h5-8,12,16H,3-4,9-11H2,1-2H3. The molecule has 90 valence electrons. The summed E-state index contributed by atoms with van der Waals surface area (Å²) in [6, 6.07) is 8.68. The van der Waals surface area contributed by atoms with E-state index in [1.54, 1.807) is 0 Å². The van der Waals surface area contributed by atoms with Gasteiger partial charge < -0.3 is 5.32 Å². The van der Waals surface area contributed by atoms with Crippen molar-refractivity contribution < 1.29 is 0 Å². The molecule has 0 saturated carbocycles. The lowest BCUT2D eigenvalue weighted by Crippen LogP contribution is -2.24. The van der Waals surface area contributed by atoms with Crippen LogP contribution in [-0.2, 0) is 6.42 Å². The molecule has 0 aliphatic heterocycles. The molecular weight excluding hydrogens is 262 g/mol. The fourth-order valence-corrected chi connectivity index (χ4v) is 2.06. The Balaban J connectivity index is 2.40.